The molecular formula is C15H13FN4O2. The summed E-state index contributed by atoms with van der Waals surface area (Å²) < 4.78 is 13.0. The summed E-state index contributed by atoms with van der Waals surface area (Å²) in [6.45, 7) is 1.43. The molecule has 1 aromatic carbocycles. The normalized spacial score (nSPS) is 10.9. The van der Waals surface area contributed by atoms with Crippen molar-refractivity contribution in [2.45, 2.75) is 6.92 Å². The topological polar surface area (TPSA) is 83.5 Å². The molecule has 0 fully saturated rings. The van der Waals surface area contributed by atoms with Gasteiger partial charge in [0.1, 0.15) is 11.5 Å². The van der Waals surface area contributed by atoms with Crippen LogP contribution in [0.4, 0.5) is 10.1 Å². The second-order valence-corrected chi connectivity index (χ2v) is 4.34. The fraction of sp³-hybridized carbons (Fsp3) is 0.0667. The first-order valence-electron chi connectivity index (χ1n) is 6.38. The number of anilines is 1. The maximum absolute atomic E-state index is 13.0. The summed E-state index contributed by atoms with van der Waals surface area (Å²) in [5.41, 5.74) is 2.97. The van der Waals surface area contributed by atoms with Crippen LogP contribution in [0.5, 0.6) is 0 Å². The van der Waals surface area contributed by atoms with E-state index in [4.69, 9.17) is 0 Å². The highest BCUT2D eigenvalue weighted by atomic mass is 19.1. The first-order valence-corrected chi connectivity index (χ1v) is 6.38. The van der Waals surface area contributed by atoms with Crippen LogP contribution in [0.3, 0.4) is 0 Å². The van der Waals surface area contributed by atoms with Gasteiger partial charge in [-0.25, -0.2) is 9.82 Å². The monoisotopic (exact) mass is 300 g/mol. The number of hydrogen-bond acceptors (Lipinski definition) is 4. The molecule has 0 aliphatic rings. The van der Waals surface area contributed by atoms with Crippen molar-refractivity contribution < 1.29 is 14.0 Å². The van der Waals surface area contributed by atoms with Crippen molar-refractivity contribution in [3.8, 4) is 0 Å². The number of hydrazone groups is 1. The number of carbonyl (C=O) groups is 2. The van der Waals surface area contributed by atoms with Crippen LogP contribution in [-0.4, -0.2) is 22.5 Å². The number of pyridine rings is 1. The summed E-state index contributed by atoms with van der Waals surface area (Å²) in [6, 6.07) is 8.51. The number of amides is 2. The molecule has 112 valence electrons. The lowest BCUT2D eigenvalue weighted by Gasteiger charge is -2.05. The Morgan fingerprint density at radius 3 is 2.59 bits per heavy atom. The smallest absolute Gasteiger partial charge is 0.271 e. The van der Waals surface area contributed by atoms with Gasteiger partial charge in [-0.1, -0.05) is 6.07 Å². The molecule has 1 aromatic heterocycles. The molecule has 0 aliphatic carbocycles. The van der Waals surface area contributed by atoms with Crippen molar-refractivity contribution in [2.24, 2.45) is 5.10 Å². The number of nitrogens with one attached hydrogen (secondary N) is 2. The Morgan fingerprint density at radius 1 is 1.18 bits per heavy atom. The van der Waals surface area contributed by atoms with Crippen LogP contribution >= 0.6 is 0 Å². The molecule has 2 N–H and O–H groups in total. The number of carbonyl (C=O) groups excluding carboxylic acids is 2. The molecule has 1 heterocycles. The minimum atomic E-state index is -0.541. The molecule has 0 atom stereocenters. The number of nitrogens with zero attached hydrogens (tertiary/aromatic N) is 2. The van der Waals surface area contributed by atoms with Gasteiger partial charge in [0.15, 0.2) is 0 Å². The van der Waals surface area contributed by atoms with Gasteiger partial charge in [0, 0.05) is 23.6 Å². The number of benzene rings is 1. The number of rotatable bonds is 4. The zero-order valence-electron chi connectivity index (χ0n) is 11.7. The average molecular weight is 300 g/mol. The number of aromatic nitrogens is 1. The SMILES string of the molecule is C/C(=N\NC(=O)c1ccncc1)C(=O)Nc1cccc(F)c1. The first kappa shape index (κ1) is 15.3. The van der Waals surface area contributed by atoms with Crippen LogP contribution < -0.4 is 10.7 Å². The predicted octanol–water partition coefficient (Wildman–Crippen LogP) is 1.97. The summed E-state index contributed by atoms with van der Waals surface area (Å²) in [7, 11) is 0. The molecule has 0 spiro atoms. The molecule has 0 bridgehead atoms. The van der Waals surface area contributed by atoms with Crippen molar-refractivity contribution >= 4 is 23.2 Å². The van der Waals surface area contributed by atoms with Crippen molar-refractivity contribution in [3.05, 3.63) is 60.2 Å². The molecule has 0 saturated heterocycles. The van der Waals surface area contributed by atoms with Gasteiger partial charge in [-0.05, 0) is 37.3 Å². The number of hydrogen-bond donors (Lipinski definition) is 2. The van der Waals surface area contributed by atoms with E-state index in [0.717, 1.165) is 0 Å². The van der Waals surface area contributed by atoms with Gasteiger partial charge in [0.25, 0.3) is 11.8 Å². The Morgan fingerprint density at radius 2 is 1.91 bits per heavy atom. The zero-order chi connectivity index (χ0) is 15.9. The maximum atomic E-state index is 13.0. The van der Waals surface area contributed by atoms with E-state index < -0.39 is 17.6 Å². The largest absolute Gasteiger partial charge is 0.321 e. The van der Waals surface area contributed by atoms with E-state index in [2.05, 4.69) is 20.8 Å². The van der Waals surface area contributed by atoms with Gasteiger partial charge < -0.3 is 5.32 Å². The highest BCUT2D eigenvalue weighted by Gasteiger charge is 2.09. The standard InChI is InChI=1S/C15H13FN4O2/c1-10(14(21)18-13-4-2-3-12(16)9-13)19-20-15(22)11-5-7-17-8-6-11/h2-9H,1H3,(H,18,21)(H,20,22)/b19-10+. The third kappa shape index (κ3) is 4.20. The Bertz CT molecular complexity index is 716. The molecule has 22 heavy (non-hydrogen) atoms. The van der Waals surface area contributed by atoms with Crippen molar-refractivity contribution in [2.75, 3.05) is 5.32 Å². The fourth-order valence-corrected chi connectivity index (χ4v) is 1.54. The molecule has 7 heteroatoms. The highest BCUT2D eigenvalue weighted by molar-refractivity contribution is 6.42. The fourth-order valence-electron chi connectivity index (χ4n) is 1.54. The summed E-state index contributed by atoms with van der Waals surface area (Å²) in [5.74, 6) is -1.46. The van der Waals surface area contributed by atoms with Crippen LogP contribution in [0.15, 0.2) is 53.9 Å². The third-order valence-corrected chi connectivity index (χ3v) is 2.68. The molecule has 2 rings (SSSR count). The minimum absolute atomic E-state index is 0.0340. The van der Waals surface area contributed by atoms with E-state index in [1.807, 2.05) is 0 Å². The molecule has 0 aliphatic heterocycles. The van der Waals surface area contributed by atoms with E-state index in [-0.39, 0.29) is 5.71 Å². The predicted molar refractivity (Wildman–Crippen MR) is 79.8 cm³/mol. The lowest BCUT2D eigenvalue weighted by molar-refractivity contribution is -0.110. The summed E-state index contributed by atoms with van der Waals surface area (Å²) in [4.78, 5) is 27.4. The molecule has 2 aromatic rings. The lowest BCUT2D eigenvalue weighted by Crippen LogP contribution is -2.25. The third-order valence-electron chi connectivity index (χ3n) is 2.68. The quantitative estimate of drug-likeness (QED) is 0.669. The van der Waals surface area contributed by atoms with Crippen molar-refractivity contribution in [3.63, 3.8) is 0 Å². The van der Waals surface area contributed by atoms with Gasteiger partial charge in [-0.3, -0.25) is 14.6 Å². The number of halogens is 1. The Balaban J connectivity index is 1.97. The van der Waals surface area contributed by atoms with Crippen LogP contribution in [0.1, 0.15) is 17.3 Å². The zero-order valence-corrected chi connectivity index (χ0v) is 11.7. The lowest BCUT2D eigenvalue weighted by atomic mass is 10.2. The van der Waals surface area contributed by atoms with Gasteiger partial charge in [0.2, 0.25) is 0 Å². The van der Waals surface area contributed by atoms with Crippen LogP contribution in [0.2, 0.25) is 0 Å². The van der Waals surface area contributed by atoms with Crippen LogP contribution in [0.25, 0.3) is 0 Å². The molecule has 0 saturated carbocycles. The first-order chi connectivity index (χ1) is 10.6. The van der Waals surface area contributed by atoms with Crippen LogP contribution in [0, 0.1) is 5.82 Å². The van der Waals surface area contributed by atoms with Crippen molar-refractivity contribution in [1.82, 2.24) is 10.4 Å². The maximum Gasteiger partial charge on any atom is 0.271 e. The molecule has 0 unspecified atom stereocenters. The Hall–Kier alpha value is -3.09. The molecular weight excluding hydrogens is 287 g/mol. The molecule has 2 amide bonds. The molecule has 6 nitrogen and oxygen atoms in total. The second-order valence-electron chi connectivity index (χ2n) is 4.34. The molecule has 0 radical (unpaired) electrons. The minimum Gasteiger partial charge on any atom is -0.321 e. The average Bonchev–Trinajstić information content (AvgIpc) is 2.53. The van der Waals surface area contributed by atoms with E-state index in [1.165, 1.54) is 49.6 Å². The van der Waals surface area contributed by atoms with Gasteiger partial charge >= 0.3 is 0 Å². The Labute approximate surface area is 126 Å². The highest BCUT2D eigenvalue weighted by Crippen LogP contribution is 2.08. The van der Waals surface area contributed by atoms with Gasteiger partial charge in [-0.2, -0.15) is 5.10 Å². The van der Waals surface area contributed by atoms with E-state index >= 15 is 0 Å². The Kier molecular flexibility index (Phi) is 4.92. The van der Waals surface area contributed by atoms with E-state index in [1.54, 1.807) is 6.07 Å². The van der Waals surface area contributed by atoms with Crippen molar-refractivity contribution in [1.29, 1.82) is 0 Å². The van der Waals surface area contributed by atoms with Gasteiger partial charge in [-0.15, -0.1) is 0 Å². The van der Waals surface area contributed by atoms with E-state index in [9.17, 15) is 14.0 Å². The van der Waals surface area contributed by atoms with Crippen LogP contribution in [-0.2, 0) is 4.79 Å². The second kappa shape index (κ2) is 7.07. The summed E-state index contributed by atoms with van der Waals surface area (Å²) >= 11 is 0. The summed E-state index contributed by atoms with van der Waals surface area (Å²) in [6.07, 6.45) is 2.95. The van der Waals surface area contributed by atoms with Gasteiger partial charge in [0.05, 0.1) is 0 Å². The summed E-state index contributed by atoms with van der Waals surface area (Å²) in [5, 5.41) is 6.18. The van der Waals surface area contributed by atoms with E-state index in [0.29, 0.717) is 11.3 Å².